The predicted molar refractivity (Wildman–Crippen MR) is 123 cm³/mol. The van der Waals surface area contributed by atoms with Crippen LogP contribution < -0.4 is 9.47 Å². The van der Waals surface area contributed by atoms with Crippen LogP contribution in [-0.2, 0) is 9.63 Å². The van der Waals surface area contributed by atoms with Gasteiger partial charge in [-0.2, -0.15) is 4.99 Å². The first-order valence-electron chi connectivity index (χ1n) is 10.4. The molecular formula is C25H25N3O4. The van der Waals surface area contributed by atoms with Crippen LogP contribution >= 0.6 is 0 Å². The molecular weight excluding hydrogens is 406 g/mol. The lowest BCUT2D eigenvalue weighted by Gasteiger charge is -2.22. The van der Waals surface area contributed by atoms with E-state index in [4.69, 9.17) is 19.7 Å². The minimum absolute atomic E-state index is 0.0303. The van der Waals surface area contributed by atoms with E-state index in [1.54, 1.807) is 19.1 Å². The van der Waals surface area contributed by atoms with Gasteiger partial charge in [-0.25, -0.2) is 0 Å². The second kappa shape index (κ2) is 9.09. The molecule has 0 spiro atoms. The molecule has 2 aromatic rings. The lowest BCUT2D eigenvalue weighted by atomic mass is 10.1. The van der Waals surface area contributed by atoms with Crippen molar-refractivity contribution in [1.29, 1.82) is 5.41 Å². The first-order valence-corrected chi connectivity index (χ1v) is 10.4. The summed E-state index contributed by atoms with van der Waals surface area (Å²) >= 11 is 0. The molecule has 0 aromatic heterocycles. The normalized spacial score (nSPS) is 16.5. The summed E-state index contributed by atoms with van der Waals surface area (Å²) in [6.07, 6.45) is 4.01. The lowest BCUT2D eigenvalue weighted by molar-refractivity contribution is -0.114. The van der Waals surface area contributed by atoms with E-state index >= 15 is 0 Å². The Hall–Kier alpha value is -3.87. The number of nitrogens with zero attached hydrogens (tertiary/aromatic N) is 2. The number of ether oxygens (including phenoxy) is 2. The Kier molecular flexibility index (Phi) is 6.07. The van der Waals surface area contributed by atoms with Gasteiger partial charge in [0.2, 0.25) is 0 Å². The fourth-order valence-corrected chi connectivity index (χ4v) is 3.32. The number of amidine groups is 2. The number of benzene rings is 2. The molecule has 0 aliphatic carbocycles. The summed E-state index contributed by atoms with van der Waals surface area (Å²) in [4.78, 5) is 21.7. The molecule has 4 rings (SSSR count). The number of rotatable bonds is 7. The Labute approximate surface area is 187 Å². The van der Waals surface area contributed by atoms with Crippen LogP contribution in [-0.4, -0.2) is 35.9 Å². The van der Waals surface area contributed by atoms with Crippen LogP contribution in [0.1, 0.15) is 30.0 Å². The van der Waals surface area contributed by atoms with Crippen molar-refractivity contribution in [2.75, 3.05) is 13.2 Å². The largest absolute Gasteiger partial charge is 0.493 e. The topological polar surface area (TPSA) is 84.2 Å². The highest BCUT2D eigenvalue weighted by Gasteiger charge is 2.34. The van der Waals surface area contributed by atoms with Crippen molar-refractivity contribution in [2.45, 2.75) is 27.2 Å². The first kappa shape index (κ1) is 21.4. The van der Waals surface area contributed by atoms with Gasteiger partial charge in [-0.05, 0) is 61.7 Å². The Balaban J connectivity index is 1.29. The number of aliphatic imine (C=N–C) groups is 1. The Bertz CT molecular complexity index is 1150. The van der Waals surface area contributed by atoms with Gasteiger partial charge >= 0.3 is 0 Å². The molecule has 2 aliphatic heterocycles. The molecule has 2 aliphatic rings. The van der Waals surface area contributed by atoms with Crippen LogP contribution in [0, 0.1) is 19.3 Å². The van der Waals surface area contributed by atoms with Crippen molar-refractivity contribution in [3.8, 4) is 11.5 Å². The highest BCUT2D eigenvalue weighted by atomic mass is 16.7. The summed E-state index contributed by atoms with van der Waals surface area (Å²) in [6.45, 7) is 6.94. The van der Waals surface area contributed by atoms with Gasteiger partial charge in [0.15, 0.2) is 11.7 Å². The molecule has 0 bridgehead atoms. The van der Waals surface area contributed by atoms with E-state index < -0.39 is 5.91 Å². The number of hydroxylamine groups is 2. The fraction of sp³-hybridized carbons (Fsp3) is 0.240. The Morgan fingerprint density at radius 3 is 2.59 bits per heavy atom. The minimum Gasteiger partial charge on any atom is -0.493 e. The van der Waals surface area contributed by atoms with Crippen LogP contribution in [0.15, 0.2) is 64.9 Å². The van der Waals surface area contributed by atoms with Crippen molar-refractivity contribution < 1.29 is 19.1 Å². The SMILES string of the molecule is CC1=CC2=NC(=O)/C(=C\c3ccc(OCCCOc4cc(C)ccc4C)cc3)C(=N)N2O1. The van der Waals surface area contributed by atoms with E-state index in [9.17, 15) is 4.79 Å². The molecule has 0 saturated carbocycles. The number of allylic oxidation sites excluding steroid dienone is 1. The second-order valence-electron chi connectivity index (χ2n) is 7.71. The summed E-state index contributed by atoms with van der Waals surface area (Å²) in [7, 11) is 0. The average molecular weight is 431 g/mol. The minimum atomic E-state index is -0.458. The van der Waals surface area contributed by atoms with Crippen molar-refractivity contribution >= 4 is 23.7 Å². The van der Waals surface area contributed by atoms with Crippen molar-refractivity contribution in [1.82, 2.24) is 5.06 Å². The van der Waals surface area contributed by atoms with Crippen LogP contribution in [0.2, 0.25) is 0 Å². The van der Waals surface area contributed by atoms with Crippen LogP contribution in [0.25, 0.3) is 6.08 Å². The maximum absolute atomic E-state index is 12.3. The summed E-state index contributed by atoms with van der Waals surface area (Å²) in [5.74, 6) is 2.07. The maximum Gasteiger partial charge on any atom is 0.282 e. The molecule has 164 valence electrons. The third-order valence-electron chi connectivity index (χ3n) is 5.03. The van der Waals surface area contributed by atoms with E-state index in [-0.39, 0.29) is 11.4 Å². The fourth-order valence-electron chi connectivity index (χ4n) is 3.32. The molecule has 1 N–H and O–H groups in total. The molecule has 0 atom stereocenters. The van der Waals surface area contributed by atoms with Gasteiger partial charge in [-0.3, -0.25) is 10.2 Å². The van der Waals surface area contributed by atoms with E-state index in [2.05, 4.69) is 17.1 Å². The van der Waals surface area contributed by atoms with Crippen molar-refractivity contribution in [3.63, 3.8) is 0 Å². The third kappa shape index (κ3) is 4.72. The number of carbonyl (C=O) groups is 1. The summed E-state index contributed by atoms with van der Waals surface area (Å²) in [6, 6.07) is 13.5. The zero-order valence-corrected chi connectivity index (χ0v) is 18.3. The van der Waals surface area contributed by atoms with Gasteiger partial charge < -0.3 is 14.3 Å². The number of nitrogens with one attached hydrogen (secondary N) is 1. The molecule has 0 radical (unpaired) electrons. The monoisotopic (exact) mass is 431 g/mol. The Morgan fingerprint density at radius 1 is 1.06 bits per heavy atom. The molecule has 0 unspecified atom stereocenters. The predicted octanol–water partition coefficient (Wildman–Crippen LogP) is 4.60. The van der Waals surface area contributed by atoms with Gasteiger partial charge in [-0.1, -0.05) is 24.3 Å². The van der Waals surface area contributed by atoms with Crippen LogP contribution in [0.4, 0.5) is 0 Å². The van der Waals surface area contributed by atoms with Crippen molar-refractivity contribution in [3.05, 3.63) is 76.6 Å². The molecule has 7 heteroatoms. The molecule has 0 saturated heterocycles. The number of fused-ring (bicyclic) bond motifs is 1. The third-order valence-corrected chi connectivity index (χ3v) is 5.03. The summed E-state index contributed by atoms with van der Waals surface area (Å²) < 4.78 is 11.6. The molecule has 1 amide bonds. The van der Waals surface area contributed by atoms with E-state index in [1.807, 2.05) is 44.2 Å². The summed E-state index contributed by atoms with van der Waals surface area (Å²) in [5, 5.41) is 9.51. The number of amides is 1. The first-order chi connectivity index (χ1) is 15.4. The smallest absolute Gasteiger partial charge is 0.282 e. The van der Waals surface area contributed by atoms with E-state index in [0.717, 1.165) is 29.0 Å². The van der Waals surface area contributed by atoms with Gasteiger partial charge in [0.25, 0.3) is 5.91 Å². The lowest BCUT2D eigenvalue weighted by Crippen LogP contribution is -2.38. The molecule has 2 aromatic carbocycles. The number of hydrogen-bond donors (Lipinski definition) is 1. The Morgan fingerprint density at radius 2 is 1.81 bits per heavy atom. The zero-order valence-electron chi connectivity index (χ0n) is 18.3. The average Bonchev–Trinajstić information content (AvgIpc) is 3.14. The van der Waals surface area contributed by atoms with E-state index in [0.29, 0.717) is 24.8 Å². The molecule has 2 heterocycles. The van der Waals surface area contributed by atoms with Gasteiger partial charge in [0.05, 0.1) is 18.8 Å². The summed E-state index contributed by atoms with van der Waals surface area (Å²) in [5.41, 5.74) is 3.24. The number of aryl methyl sites for hydroxylation is 2. The van der Waals surface area contributed by atoms with Gasteiger partial charge in [-0.15, -0.1) is 5.06 Å². The maximum atomic E-state index is 12.3. The van der Waals surface area contributed by atoms with Crippen molar-refractivity contribution in [2.24, 2.45) is 4.99 Å². The number of hydrogen-bond acceptors (Lipinski definition) is 5. The highest BCUT2D eigenvalue weighted by molar-refractivity contribution is 6.32. The zero-order chi connectivity index (χ0) is 22.7. The van der Waals surface area contributed by atoms with E-state index in [1.165, 1.54) is 10.6 Å². The molecule has 32 heavy (non-hydrogen) atoms. The molecule has 0 fully saturated rings. The quantitative estimate of drug-likeness (QED) is 0.512. The number of carbonyl (C=O) groups excluding carboxylic acids is 1. The molecule has 7 nitrogen and oxygen atoms in total. The standard InChI is InChI=1S/C25H25N3O4/c1-16-5-6-17(2)22(13-16)31-12-4-11-30-20-9-7-19(8-10-20)15-21-24(26)28-23(27-25(21)29)14-18(3)32-28/h5-10,13-15,26H,4,11-12H2,1-3H3/b21-15-,26-24?. The highest BCUT2D eigenvalue weighted by Crippen LogP contribution is 2.24. The van der Waals surface area contributed by atoms with Gasteiger partial charge in [0.1, 0.15) is 17.3 Å². The second-order valence-corrected chi connectivity index (χ2v) is 7.71. The van der Waals surface area contributed by atoms with Crippen LogP contribution in [0.3, 0.4) is 0 Å². The van der Waals surface area contributed by atoms with Gasteiger partial charge in [0, 0.05) is 12.5 Å². The van der Waals surface area contributed by atoms with Crippen LogP contribution in [0.5, 0.6) is 11.5 Å².